The molecule has 1 N–H and O–H groups in total. The van der Waals surface area contributed by atoms with Gasteiger partial charge in [-0.15, -0.1) is 0 Å². The minimum atomic E-state index is -0.957. The number of anilines is 1. The highest BCUT2D eigenvalue weighted by molar-refractivity contribution is 5.95. The molecule has 2 amide bonds. The highest BCUT2D eigenvalue weighted by Gasteiger charge is 2.30. The molecule has 0 unspecified atom stereocenters. The van der Waals surface area contributed by atoms with Crippen LogP contribution in [0, 0.1) is 27.7 Å². The molecule has 32 heavy (non-hydrogen) atoms. The molecule has 0 spiro atoms. The third kappa shape index (κ3) is 5.42. The molecule has 0 aromatic heterocycles. The van der Waals surface area contributed by atoms with E-state index in [9.17, 15) is 33.3 Å². The maximum atomic E-state index is 13.8. The fourth-order valence-corrected chi connectivity index (χ4v) is 3.33. The topological polar surface area (TPSA) is 119 Å². The monoisotopic (exact) mass is 447 g/mol. The van der Waals surface area contributed by atoms with Crippen molar-refractivity contribution in [2.45, 2.75) is 12.8 Å². The van der Waals surface area contributed by atoms with Crippen molar-refractivity contribution in [3.8, 4) is 0 Å². The van der Waals surface area contributed by atoms with Crippen LogP contribution in [-0.2, 0) is 14.3 Å². The number of nitrogens with one attached hydrogen (secondary N) is 1. The molecule has 0 aliphatic carbocycles. The Morgan fingerprint density at radius 3 is 2.47 bits per heavy atom. The summed E-state index contributed by atoms with van der Waals surface area (Å²) in [4.78, 5) is 48.4. The Labute approximate surface area is 181 Å². The number of benzene rings is 2. The Balaban J connectivity index is 1.48. The number of para-hydroxylation sites is 2. The molecule has 1 aliphatic rings. The number of hydrogen-bond donors (Lipinski definition) is 1. The maximum Gasteiger partial charge on any atom is 0.309 e. The first kappa shape index (κ1) is 22.8. The van der Waals surface area contributed by atoms with E-state index in [0.717, 1.165) is 12.1 Å². The molecular formula is C21H19F2N3O6. The van der Waals surface area contributed by atoms with Gasteiger partial charge in [0, 0.05) is 25.2 Å². The van der Waals surface area contributed by atoms with Crippen LogP contribution in [0.4, 0.5) is 20.2 Å². The number of esters is 1. The van der Waals surface area contributed by atoms with Crippen molar-refractivity contribution in [1.82, 2.24) is 4.90 Å². The first-order valence-electron chi connectivity index (χ1n) is 9.70. The zero-order chi connectivity index (χ0) is 23.3. The van der Waals surface area contributed by atoms with Crippen LogP contribution < -0.4 is 5.32 Å². The second kappa shape index (κ2) is 9.94. The number of carbonyl (C=O) groups is 3. The molecule has 2 aromatic rings. The van der Waals surface area contributed by atoms with E-state index in [0.29, 0.717) is 6.07 Å². The first-order valence-corrected chi connectivity index (χ1v) is 9.70. The lowest BCUT2D eigenvalue weighted by atomic mass is 9.96. The van der Waals surface area contributed by atoms with E-state index in [-0.39, 0.29) is 42.9 Å². The van der Waals surface area contributed by atoms with Gasteiger partial charge in [0.2, 0.25) is 0 Å². The average Bonchev–Trinajstić information content (AvgIpc) is 2.77. The molecule has 1 saturated heterocycles. The van der Waals surface area contributed by atoms with Crippen molar-refractivity contribution >= 4 is 29.2 Å². The number of hydrogen-bond acceptors (Lipinski definition) is 6. The third-order valence-electron chi connectivity index (χ3n) is 5.00. The summed E-state index contributed by atoms with van der Waals surface area (Å²) in [6.45, 7) is -0.291. The van der Waals surface area contributed by atoms with E-state index in [1.165, 1.54) is 29.2 Å². The van der Waals surface area contributed by atoms with E-state index in [2.05, 4.69) is 5.32 Å². The quantitative estimate of drug-likeness (QED) is 0.413. The summed E-state index contributed by atoms with van der Waals surface area (Å²) in [7, 11) is 0. The number of nitro groups is 1. The summed E-state index contributed by atoms with van der Waals surface area (Å²) >= 11 is 0. The summed E-state index contributed by atoms with van der Waals surface area (Å²) in [6.07, 6.45) is 0.498. The van der Waals surface area contributed by atoms with Gasteiger partial charge in [-0.3, -0.25) is 24.5 Å². The van der Waals surface area contributed by atoms with Crippen LogP contribution in [0.5, 0.6) is 0 Å². The van der Waals surface area contributed by atoms with Crippen molar-refractivity contribution in [2.24, 2.45) is 5.92 Å². The molecular weight excluding hydrogens is 428 g/mol. The van der Waals surface area contributed by atoms with E-state index in [1.54, 1.807) is 0 Å². The van der Waals surface area contributed by atoms with Crippen molar-refractivity contribution in [3.63, 3.8) is 0 Å². The zero-order valence-corrected chi connectivity index (χ0v) is 16.8. The Bertz CT molecular complexity index is 1050. The number of amides is 2. The van der Waals surface area contributed by atoms with Gasteiger partial charge in [-0.1, -0.05) is 12.1 Å². The summed E-state index contributed by atoms with van der Waals surface area (Å²) in [6, 6.07) is 8.25. The maximum absolute atomic E-state index is 13.8. The second-order valence-corrected chi connectivity index (χ2v) is 7.12. The molecule has 11 heteroatoms. The normalized spacial score (nSPS) is 14.0. The molecule has 0 bridgehead atoms. The highest BCUT2D eigenvalue weighted by atomic mass is 19.1. The smallest absolute Gasteiger partial charge is 0.309 e. The largest absolute Gasteiger partial charge is 0.455 e. The van der Waals surface area contributed by atoms with Crippen LogP contribution in [0.25, 0.3) is 0 Å². The number of ether oxygens (including phenoxy) is 1. The van der Waals surface area contributed by atoms with Crippen molar-refractivity contribution in [3.05, 3.63) is 69.8 Å². The minimum Gasteiger partial charge on any atom is -0.455 e. The Morgan fingerprint density at radius 2 is 1.81 bits per heavy atom. The zero-order valence-electron chi connectivity index (χ0n) is 16.8. The fraction of sp³-hybridized carbons (Fsp3) is 0.286. The van der Waals surface area contributed by atoms with E-state index in [1.807, 2.05) is 0 Å². The number of rotatable bonds is 6. The lowest BCUT2D eigenvalue weighted by Gasteiger charge is -2.31. The molecule has 1 heterocycles. The Hall–Kier alpha value is -3.89. The van der Waals surface area contributed by atoms with Crippen LogP contribution >= 0.6 is 0 Å². The molecule has 0 atom stereocenters. The standard InChI is InChI=1S/C21H19F2N3O6/c22-14-5-6-15(16(23)11-14)20(28)25-9-7-13(8-10-25)21(29)32-12-19(27)24-17-3-1-2-4-18(17)26(30)31/h1-6,11,13H,7-10,12H2,(H,24,27). The summed E-state index contributed by atoms with van der Waals surface area (Å²) in [5, 5.41) is 13.3. The second-order valence-electron chi connectivity index (χ2n) is 7.12. The average molecular weight is 447 g/mol. The Morgan fingerprint density at radius 1 is 1.12 bits per heavy atom. The SMILES string of the molecule is O=C(COC(=O)C1CCN(C(=O)c2ccc(F)cc2F)CC1)Nc1ccccc1[N+](=O)[O-]. The predicted octanol–water partition coefficient (Wildman–Crippen LogP) is 2.91. The number of halogens is 2. The predicted molar refractivity (Wildman–Crippen MR) is 108 cm³/mol. The molecule has 0 saturated carbocycles. The molecule has 0 radical (unpaired) electrons. The minimum absolute atomic E-state index is 0.0154. The van der Waals surface area contributed by atoms with Crippen LogP contribution in [0.2, 0.25) is 0 Å². The Kier molecular flexibility index (Phi) is 7.08. The summed E-state index contributed by atoms with van der Waals surface area (Å²) < 4.78 is 31.9. The lowest BCUT2D eigenvalue weighted by molar-refractivity contribution is -0.383. The molecule has 1 aliphatic heterocycles. The summed E-state index contributed by atoms with van der Waals surface area (Å²) in [5.74, 6) is -4.27. The number of carbonyl (C=O) groups excluding carboxylic acids is 3. The summed E-state index contributed by atoms with van der Waals surface area (Å²) in [5.41, 5.74) is -0.556. The van der Waals surface area contributed by atoms with Gasteiger partial charge in [0.15, 0.2) is 6.61 Å². The number of piperidine rings is 1. The number of nitrogens with zero attached hydrogens (tertiary/aromatic N) is 2. The molecule has 9 nitrogen and oxygen atoms in total. The van der Waals surface area contributed by atoms with Gasteiger partial charge in [-0.25, -0.2) is 8.78 Å². The van der Waals surface area contributed by atoms with Gasteiger partial charge < -0.3 is 15.0 Å². The molecule has 3 rings (SSSR count). The van der Waals surface area contributed by atoms with Gasteiger partial charge in [0.25, 0.3) is 17.5 Å². The van der Waals surface area contributed by atoms with Gasteiger partial charge in [0.1, 0.15) is 17.3 Å². The van der Waals surface area contributed by atoms with Gasteiger partial charge in [0.05, 0.1) is 16.4 Å². The van der Waals surface area contributed by atoms with E-state index < -0.39 is 46.9 Å². The number of nitro benzene ring substituents is 1. The fourth-order valence-electron chi connectivity index (χ4n) is 3.33. The van der Waals surface area contributed by atoms with Gasteiger partial charge >= 0.3 is 5.97 Å². The van der Waals surface area contributed by atoms with E-state index in [4.69, 9.17) is 4.74 Å². The first-order chi connectivity index (χ1) is 15.3. The highest BCUT2D eigenvalue weighted by Crippen LogP contribution is 2.24. The van der Waals surface area contributed by atoms with Crippen molar-refractivity contribution in [1.29, 1.82) is 0 Å². The molecule has 1 fully saturated rings. The van der Waals surface area contributed by atoms with Crippen molar-refractivity contribution in [2.75, 3.05) is 25.0 Å². The van der Waals surface area contributed by atoms with Gasteiger partial charge in [-0.05, 0) is 31.0 Å². The molecule has 168 valence electrons. The van der Waals surface area contributed by atoms with E-state index >= 15 is 0 Å². The van der Waals surface area contributed by atoms with Crippen LogP contribution in [0.3, 0.4) is 0 Å². The van der Waals surface area contributed by atoms with Gasteiger partial charge in [-0.2, -0.15) is 0 Å². The molecule has 2 aromatic carbocycles. The van der Waals surface area contributed by atoms with Crippen LogP contribution in [0.15, 0.2) is 42.5 Å². The van der Waals surface area contributed by atoms with Crippen LogP contribution in [0.1, 0.15) is 23.2 Å². The van der Waals surface area contributed by atoms with Crippen molar-refractivity contribution < 1.29 is 32.8 Å². The number of likely N-dealkylation sites (tertiary alicyclic amines) is 1. The third-order valence-corrected chi connectivity index (χ3v) is 5.00. The lowest BCUT2D eigenvalue weighted by Crippen LogP contribution is -2.41. The van der Waals surface area contributed by atoms with Crippen LogP contribution in [-0.4, -0.2) is 47.3 Å².